The summed E-state index contributed by atoms with van der Waals surface area (Å²) in [7, 11) is 1.64. The third-order valence-corrected chi connectivity index (χ3v) is 1.40. The molecule has 0 bridgehead atoms. The maximum Gasteiger partial charge on any atom is 0.321 e. The van der Waals surface area contributed by atoms with Gasteiger partial charge in [-0.05, 0) is 0 Å². The Morgan fingerprint density at radius 2 is 2.36 bits per heavy atom. The summed E-state index contributed by atoms with van der Waals surface area (Å²) in [5.74, 6) is 0.434. The van der Waals surface area contributed by atoms with Crippen LogP contribution in [0, 0.1) is 0 Å². The molecule has 0 radical (unpaired) electrons. The van der Waals surface area contributed by atoms with Crippen LogP contribution in [-0.4, -0.2) is 36.8 Å². The van der Waals surface area contributed by atoms with E-state index in [0.29, 0.717) is 18.3 Å². The third-order valence-electron chi connectivity index (χ3n) is 1.40. The Hall–Kier alpha value is -1.24. The predicted octanol–water partition coefficient (Wildman–Crippen LogP) is 0.935. The van der Waals surface area contributed by atoms with Crippen LogP contribution in [-0.2, 0) is 11.2 Å². The standard InChI is InChI=1S/C7H11F2N3O2/c1-10-7-11-6(12-14-7)2-3-13-4-5(8)9/h5H,2-4H2,1H3,(H,10,11,12). The van der Waals surface area contributed by atoms with Crippen LogP contribution in [0.3, 0.4) is 0 Å². The number of halogens is 2. The van der Waals surface area contributed by atoms with E-state index < -0.39 is 13.0 Å². The maximum atomic E-state index is 11.6. The van der Waals surface area contributed by atoms with Gasteiger partial charge in [0.05, 0.1) is 6.61 Å². The minimum absolute atomic E-state index is 0.160. The highest BCUT2D eigenvalue weighted by molar-refractivity contribution is 5.15. The molecule has 0 unspecified atom stereocenters. The Labute approximate surface area is 79.4 Å². The fourth-order valence-corrected chi connectivity index (χ4v) is 0.793. The summed E-state index contributed by atoms with van der Waals surface area (Å²) in [6, 6.07) is 0.300. The SMILES string of the molecule is CNc1nc(CCOCC(F)F)no1. The molecule has 0 aliphatic heterocycles. The van der Waals surface area contributed by atoms with Crippen LogP contribution in [0.5, 0.6) is 0 Å². The number of anilines is 1. The van der Waals surface area contributed by atoms with Crippen LogP contribution in [0.2, 0.25) is 0 Å². The normalized spacial score (nSPS) is 10.9. The van der Waals surface area contributed by atoms with Crippen molar-refractivity contribution in [2.45, 2.75) is 12.8 Å². The van der Waals surface area contributed by atoms with E-state index in [9.17, 15) is 8.78 Å². The highest BCUT2D eigenvalue weighted by atomic mass is 19.3. The monoisotopic (exact) mass is 207 g/mol. The van der Waals surface area contributed by atoms with Gasteiger partial charge in [-0.3, -0.25) is 0 Å². The summed E-state index contributed by atoms with van der Waals surface area (Å²) in [5, 5.41) is 6.24. The molecule has 1 rings (SSSR count). The first-order valence-electron chi connectivity index (χ1n) is 4.08. The summed E-state index contributed by atoms with van der Waals surface area (Å²) in [5.41, 5.74) is 0. The predicted molar refractivity (Wildman–Crippen MR) is 44.4 cm³/mol. The van der Waals surface area contributed by atoms with Crippen molar-refractivity contribution in [2.75, 3.05) is 25.6 Å². The lowest BCUT2D eigenvalue weighted by Gasteiger charge is -1.99. The second-order valence-electron chi connectivity index (χ2n) is 2.48. The molecule has 7 heteroatoms. The molecule has 14 heavy (non-hydrogen) atoms. The van der Waals surface area contributed by atoms with Crippen molar-refractivity contribution in [2.24, 2.45) is 0 Å². The zero-order valence-electron chi connectivity index (χ0n) is 7.67. The molecule has 0 atom stereocenters. The number of rotatable bonds is 6. The minimum Gasteiger partial charge on any atom is -0.375 e. The van der Waals surface area contributed by atoms with Crippen molar-refractivity contribution in [3.63, 3.8) is 0 Å². The van der Waals surface area contributed by atoms with Crippen molar-refractivity contribution in [1.82, 2.24) is 10.1 Å². The highest BCUT2D eigenvalue weighted by Crippen LogP contribution is 2.02. The average molecular weight is 207 g/mol. The van der Waals surface area contributed by atoms with E-state index in [4.69, 9.17) is 4.52 Å². The van der Waals surface area contributed by atoms with Gasteiger partial charge < -0.3 is 14.6 Å². The zero-order valence-corrected chi connectivity index (χ0v) is 7.67. The molecule has 0 saturated carbocycles. The Morgan fingerprint density at radius 3 is 2.93 bits per heavy atom. The van der Waals surface area contributed by atoms with E-state index in [1.165, 1.54) is 0 Å². The second kappa shape index (κ2) is 5.48. The summed E-state index contributed by atoms with van der Waals surface area (Å²) in [6.45, 7) is -0.399. The van der Waals surface area contributed by atoms with Gasteiger partial charge in [-0.15, -0.1) is 0 Å². The molecule has 0 aromatic carbocycles. The summed E-state index contributed by atoms with van der Waals surface area (Å²) in [6.07, 6.45) is -2.08. The lowest BCUT2D eigenvalue weighted by Crippen LogP contribution is -2.07. The number of alkyl halides is 2. The largest absolute Gasteiger partial charge is 0.375 e. The lowest BCUT2D eigenvalue weighted by molar-refractivity contribution is 0.0182. The van der Waals surface area contributed by atoms with Crippen molar-refractivity contribution in [3.05, 3.63) is 5.82 Å². The number of ether oxygens (including phenoxy) is 1. The van der Waals surface area contributed by atoms with Gasteiger partial charge in [0.2, 0.25) is 0 Å². The van der Waals surface area contributed by atoms with Gasteiger partial charge in [-0.1, -0.05) is 5.16 Å². The van der Waals surface area contributed by atoms with Gasteiger partial charge in [0.25, 0.3) is 6.43 Å². The molecule has 1 heterocycles. The van der Waals surface area contributed by atoms with Gasteiger partial charge >= 0.3 is 6.01 Å². The van der Waals surface area contributed by atoms with Crippen molar-refractivity contribution < 1.29 is 18.0 Å². The number of nitrogens with one attached hydrogen (secondary N) is 1. The number of hydrogen-bond donors (Lipinski definition) is 1. The van der Waals surface area contributed by atoms with Gasteiger partial charge in [0.15, 0.2) is 5.82 Å². The molecule has 80 valence electrons. The van der Waals surface area contributed by atoms with Crippen molar-refractivity contribution in [1.29, 1.82) is 0 Å². The molecule has 1 N–H and O–H groups in total. The molecular formula is C7H11F2N3O2. The molecule has 0 fully saturated rings. The van der Waals surface area contributed by atoms with Crippen molar-refractivity contribution in [3.8, 4) is 0 Å². The molecule has 0 aliphatic carbocycles. The Balaban J connectivity index is 2.18. The fourth-order valence-electron chi connectivity index (χ4n) is 0.793. The molecule has 0 amide bonds. The Kier molecular flexibility index (Phi) is 4.24. The smallest absolute Gasteiger partial charge is 0.321 e. The van der Waals surface area contributed by atoms with Crippen LogP contribution in [0.1, 0.15) is 5.82 Å². The number of hydrogen-bond acceptors (Lipinski definition) is 5. The summed E-state index contributed by atoms with van der Waals surface area (Å²) < 4.78 is 32.6. The molecule has 0 saturated heterocycles. The zero-order chi connectivity index (χ0) is 10.4. The second-order valence-corrected chi connectivity index (χ2v) is 2.48. The van der Waals surface area contributed by atoms with Crippen LogP contribution >= 0.6 is 0 Å². The van der Waals surface area contributed by atoms with Gasteiger partial charge in [0, 0.05) is 13.5 Å². The number of aromatic nitrogens is 2. The van der Waals surface area contributed by atoms with Gasteiger partial charge in [-0.25, -0.2) is 8.78 Å². The topological polar surface area (TPSA) is 60.2 Å². The molecule has 0 aliphatic rings. The molecule has 1 aromatic heterocycles. The quantitative estimate of drug-likeness (QED) is 0.703. The number of nitrogens with zero attached hydrogens (tertiary/aromatic N) is 2. The van der Waals surface area contributed by atoms with E-state index in [-0.39, 0.29) is 6.61 Å². The first-order chi connectivity index (χ1) is 6.72. The van der Waals surface area contributed by atoms with Gasteiger partial charge in [-0.2, -0.15) is 4.98 Å². The first kappa shape index (κ1) is 10.8. The van der Waals surface area contributed by atoms with Crippen LogP contribution in [0.15, 0.2) is 4.52 Å². The Bertz CT molecular complexity index is 267. The first-order valence-corrected chi connectivity index (χ1v) is 4.08. The van der Waals surface area contributed by atoms with E-state index in [2.05, 4.69) is 20.2 Å². The van der Waals surface area contributed by atoms with Crippen LogP contribution < -0.4 is 5.32 Å². The van der Waals surface area contributed by atoms with E-state index in [1.807, 2.05) is 0 Å². The fraction of sp³-hybridized carbons (Fsp3) is 0.714. The minimum atomic E-state index is -2.44. The Morgan fingerprint density at radius 1 is 1.57 bits per heavy atom. The van der Waals surface area contributed by atoms with E-state index >= 15 is 0 Å². The lowest BCUT2D eigenvalue weighted by atomic mass is 10.4. The van der Waals surface area contributed by atoms with Gasteiger partial charge in [0.1, 0.15) is 6.61 Å². The molecular weight excluding hydrogens is 196 g/mol. The van der Waals surface area contributed by atoms with Crippen LogP contribution in [0.4, 0.5) is 14.8 Å². The highest BCUT2D eigenvalue weighted by Gasteiger charge is 2.05. The maximum absolute atomic E-state index is 11.6. The molecule has 1 aromatic rings. The van der Waals surface area contributed by atoms with Crippen molar-refractivity contribution >= 4 is 6.01 Å². The van der Waals surface area contributed by atoms with E-state index in [0.717, 1.165) is 0 Å². The van der Waals surface area contributed by atoms with E-state index in [1.54, 1.807) is 7.05 Å². The molecule has 0 spiro atoms. The summed E-state index contributed by atoms with van der Waals surface area (Å²) in [4.78, 5) is 3.89. The summed E-state index contributed by atoms with van der Waals surface area (Å²) >= 11 is 0. The molecule has 5 nitrogen and oxygen atoms in total. The average Bonchev–Trinajstić information content (AvgIpc) is 2.60. The van der Waals surface area contributed by atoms with Crippen LogP contribution in [0.25, 0.3) is 0 Å². The third kappa shape index (κ3) is 3.65.